The molecule has 0 spiro atoms. The van der Waals surface area contributed by atoms with E-state index in [0.717, 1.165) is 38.0 Å². The number of carboxylic acids is 1. The molecule has 21 heteroatoms. The van der Waals surface area contributed by atoms with E-state index in [0.29, 0.717) is 3.97 Å². The van der Waals surface area contributed by atoms with Gasteiger partial charge in [-0.15, -0.1) is 0 Å². The Morgan fingerprint density at radius 1 is 0.933 bits per heavy atom. The third kappa shape index (κ3) is 7.64. The van der Waals surface area contributed by atoms with Crippen molar-refractivity contribution in [2.45, 2.75) is 25.6 Å². The zero-order chi connectivity index (χ0) is 32.6. The maximum Gasteiger partial charge on any atom is 1.00 e. The molecule has 3 heterocycles. The van der Waals surface area contributed by atoms with Crippen LogP contribution in [0.5, 0.6) is 17.4 Å². The fourth-order valence-corrected chi connectivity index (χ4v) is 8.87. The Morgan fingerprint density at radius 3 is 2.11 bits per heavy atom. The predicted octanol–water partition coefficient (Wildman–Crippen LogP) is -3.67. The second-order valence-electron chi connectivity index (χ2n) is 8.96. The van der Waals surface area contributed by atoms with Gasteiger partial charge in [-0.05, 0) is 30.3 Å². The van der Waals surface area contributed by atoms with Gasteiger partial charge in [0.1, 0.15) is 27.7 Å². The fraction of sp³-hybridized carbons (Fsp3) is 0.250. The van der Waals surface area contributed by atoms with Crippen LogP contribution in [-0.2, 0) is 51.0 Å². The van der Waals surface area contributed by atoms with Gasteiger partial charge in [0.2, 0.25) is 11.0 Å². The number of carboxylic acid groups (broad SMARTS) is 1. The number of carbonyl (C=O) groups is 1. The number of sulfone groups is 2. The van der Waals surface area contributed by atoms with E-state index in [4.69, 9.17) is 14.2 Å². The number of imidazole rings is 1. The molecule has 1 atom stereocenters. The maximum absolute atomic E-state index is 13.9. The Bertz CT molecular complexity index is 2130. The molecule has 1 aromatic carbocycles. The summed E-state index contributed by atoms with van der Waals surface area (Å²) in [5.74, 6) is -2.73. The van der Waals surface area contributed by atoms with E-state index >= 15 is 0 Å². The van der Waals surface area contributed by atoms with Gasteiger partial charge in [0.15, 0.2) is 31.1 Å². The molecule has 0 fully saturated rings. The molecule has 4 rings (SSSR count). The molecular formula is C24H23N4NaO12S4. The van der Waals surface area contributed by atoms with E-state index < -0.39 is 79.5 Å². The molecule has 4 aromatic rings. The number of nitrogens with zero attached hydrogens (tertiary/aromatic N) is 4. The van der Waals surface area contributed by atoms with Crippen LogP contribution in [0.25, 0.3) is 11.2 Å². The number of aliphatic carboxylic acids is 1. The first-order valence-corrected chi connectivity index (χ1v) is 18.5. The SMILES string of the molecule is COc1ccc2nc(S(=O)Cc3ncc(S(C)(=O)=O)c(OC)c3S(C)(=O)=O)n(S(=O)(=O)c3ccc(OCC(=O)[O-])cc3)c2n1.[Na+]. The summed E-state index contributed by atoms with van der Waals surface area (Å²) in [6, 6.07) is 7.36. The Kier molecular flexibility index (Phi) is 11.1. The average molecular weight is 711 g/mol. The van der Waals surface area contributed by atoms with Crippen LogP contribution < -0.4 is 48.9 Å². The van der Waals surface area contributed by atoms with Crippen LogP contribution in [0.2, 0.25) is 0 Å². The molecule has 0 amide bonds. The molecule has 16 nitrogen and oxygen atoms in total. The number of fused-ring (bicyclic) bond motifs is 1. The molecule has 3 aromatic heterocycles. The van der Waals surface area contributed by atoms with Gasteiger partial charge in [0.05, 0.1) is 47.3 Å². The molecule has 0 saturated carbocycles. The Labute approximate surface area is 282 Å². The van der Waals surface area contributed by atoms with Crippen LogP contribution in [0.15, 0.2) is 62.4 Å². The summed E-state index contributed by atoms with van der Waals surface area (Å²) in [5, 5.41) is 10.1. The molecule has 0 aliphatic heterocycles. The normalized spacial score (nSPS) is 12.7. The molecule has 0 saturated heterocycles. The van der Waals surface area contributed by atoms with Crippen molar-refractivity contribution < 1.29 is 83.1 Å². The largest absolute Gasteiger partial charge is 1.00 e. The molecular weight excluding hydrogens is 688 g/mol. The van der Waals surface area contributed by atoms with E-state index in [1.54, 1.807) is 0 Å². The van der Waals surface area contributed by atoms with Crippen LogP contribution in [0.1, 0.15) is 5.69 Å². The third-order valence-electron chi connectivity index (χ3n) is 5.81. The zero-order valence-electron chi connectivity index (χ0n) is 24.3. The number of hydrogen-bond donors (Lipinski definition) is 0. The number of ether oxygens (including phenoxy) is 3. The minimum atomic E-state index is -4.62. The zero-order valence-corrected chi connectivity index (χ0v) is 29.5. The molecule has 236 valence electrons. The Balaban J connectivity index is 0.00000552. The van der Waals surface area contributed by atoms with Crippen LogP contribution in [-0.4, -0.2) is 87.7 Å². The number of aromatic nitrogens is 4. The summed E-state index contributed by atoms with van der Waals surface area (Å²) in [6.07, 6.45) is 2.46. The van der Waals surface area contributed by atoms with Crippen molar-refractivity contribution in [1.29, 1.82) is 0 Å². The van der Waals surface area contributed by atoms with Crippen LogP contribution in [0, 0.1) is 0 Å². The molecule has 0 aliphatic carbocycles. The standard InChI is InChI=1S/C24H24N4O12S4.Na/c1-38-19-10-9-16-23(27-19)28(44(36,37)15-7-5-14(6-8-15)40-12-20(29)30)24(26-16)41(31)13-17-22(43(4,34)35)21(39-2)18(11-25-17)42(3,32)33;/h5-11H,12-13H2,1-4H3,(H,29,30);/q;+1/p-1. The number of rotatable bonds is 12. The van der Waals surface area contributed by atoms with Crippen molar-refractivity contribution in [3.8, 4) is 17.4 Å². The second kappa shape index (κ2) is 13.7. The molecule has 1 unspecified atom stereocenters. The molecule has 45 heavy (non-hydrogen) atoms. The monoisotopic (exact) mass is 710 g/mol. The average Bonchev–Trinajstić information content (AvgIpc) is 3.34. The summed E-state index contributed by atoms with van der Waals surface area (Å²) in [5.41, 5.74) is -0.648. The third-order valence-corrected chi connectivity index (χ3v) is 11.1. The van der Waals surface area contributed by atoms with Crippen molar-refractivity contribution in [1.82, 2.24) is 18.9 Å². The number of hydrogen-bond acceptors (Lipinski definition) is 15. The molecule has 0 aliphatic rings. The number of benzene rings is 1. The van der Waals surface area contributed by atoms with E-state index in [-0.39, 0.29) is 62.9 Å². The van der Waals surface area contributed by atoms with Crippen molar-refractivity contribution >= 4 is 57.6 Å². The van der Waals surface area contributed by atoms with E-state index in [1.807, 2.05) is 0 Å². The van der Waals surface area contributed by atoms with Gasteiger partial charge in [0, 0.05) is 24.8 Å². The molecule has 0 radical (unpaired) electrons. The van der Waals surface area contributed by atoms with E-state index in [9.17, 15) is 39.4 Å². The summed E-state index contributed by atoms with van der Waals surface area (Å²) in [6.45, 7) is -0.773. The number of methoxy groups -OCH3 is 2. The van der Waals surface area contributed by atoms with Gasteiger partial charge < -0.3 is 24.1 Å². The van der Waals surface area contributed by atoms with Crippen molar-refractivity contribution in [3.63, 3.8) is 0 Å². The number of carbonyl (C=O) groups excluding carboxylic acids is 1. The Hall–Kier alpha value is -3.14. The van der Waals surface area contributed by atoms with Crippen molar-refractivity contribution in [3.05, 3.63) is 48.3 Å². The minimum absolute atomic E-state index is 0. The summed E-state index contributed by atoms with van der Waals surface area (Å²) in [7, 11) is -13.0. The first kappa shape index (κ1) is 36.3. The van der Waals surface area contributed by atoms with Gasteiger partial charge in [-0.25, -0.2) is 30.2 Å². The summed E-state index contributed by atoms with van der Waals surface area (Å²) >= 11 is 0. The van der Waals surface area contributed by atoms with Crippen molar-refractivity contribution in [2.24, 2.45) is 0 Å². The first-order chi connectivity index (χ1) is 20.5. The van der Waals surface area contributed by atoms with Crippen LogP contribution in [0.4, 0.5) is 0 Å². The quantitative estimate of drug-likeness (QED) is 0.129. The van der Waals surface area contributed by atoms with Gasteiger partial charge in [-0.1, -0.05) is 0 Å². The molecule has 0 bridgehead atoms. The second-order valence-corrected chi connectivity index (χ2v) is 16.0. The topological polar surface area (TPSA) is 231 Å². The van der Waals surface area contributed by atoms with E-state index in [2.05, 4.69) is 15.0 Å². The fourth-order valence-electron chi connectivity index (χ4n) is 3.96. The van der Waals surface area contributed by atoms with Crippen LogP contribution in [0.3, 0.4) is 0 Å². The van der Waals surface area contributed by atoms with Gasteiger partial charge >= 0.3 is 29.6 Å². The van der Waals surface area contributed by atoms with Gasteiger partial charge in [-0.3, -0.25) is 9.19 Å². The van der Waals surface area contributed by atoms with Gasteiger partial charge in [0.25, 0.3) is 10.0 Å². The summed E-state index contributed by atoms with van der Waals surface area (Å²) < 4.78 is 108. The summed E-state index contributed by atoms with van der Waals surface area (Å²) in [4.78, 5) is 21.5. The van der Waals surface area contributed by atoms with Crippen LogP contribution >= 0.6 is 0 Å². The van der Waals surface area contributed by atoms with E-state index in [1.165, 1.54) is 31.4 Å². The first-order valence-electron chi connectivity index (χ1n) is 11.9. The van der Waals surface area contributed by atoms with Crippen molar-refractivity contribution in [2.75, 3.05) is 33.3 Å². The predicted molar refractivity (Wildman–Crippen MR) is 151 cm³/mol. The Morgan fingerprint density at radius 2 is 1.58 bits per heavy atom. The number of pyridine rings is 2. The van der Waals surface area contributed by atoms with Gasteiger partial charge in [-0.2, -0.15) is 8.96 Å². The maximum atomic E-state index is 13.9. The minimum Gasteiger partial charge on any atom is -0.546 e. The molecule has 0 N–H and O–H groups in total. The smallest absolute Gasteiger partial charge is 0.546 e.